The number of aromatic nitrogens is 1. The van der Waals surface area contributed by atoms with Gasteiger partial charge in [0.25, 0.3) is 0 Å². The molecule has 0 unspecified atom stereocenters. The van der Waals surface area contributed by atoms with Crippen LogP contribution in [0.2, 0.25) is 0 Å². The van der Waals surface area contributed by atoms with Crippen molar-refractivity contribution in [3.05, 3.63) is 36.0 Å². The highest BCUT2D eigenvalue weighted by atomic mass is 32.2. The topological polar surface area (TPSA) is 77.1 Å². The first-order valence-corrected chi connectivity index (χ1v) is 10.3. The van der Waals surface area contributed by atoms with Crippen molar-refractivity contribution in [3.63, 3.8) is 0 Å². The van der Waals surface area contributed by atoms with Crippen LogP contribution in [0.1, 0.15) is 25.5 Å². The van der Waals surface area contributed by atoms with Gasteiger partial charge < -0.3 is 10.3 Å². The lowest BCUT2D eigenvalue weighted by atomic mass is 10.1. The fourth-order valence-electron chi connectivity index (χ4n) is 2.91. The molecular formula is C17H21N3O2S2. The van der Waals surface area contributed by atoms with E-state index in [1.54, 1.807) is 17.4 Å². The largest absolute Gasteiger partial charge is 0.391 e. The molecule has 0 amide bonds. The Morgan fingerprint density at radius 3 is 2.50 bits per heavy atom. The van der Waals surface area contributed by atoms with E-state index in [9.17, 15) is 8.42 Å². The van der Waals surface area contributed by atoms with E-state index in [2.05, 4.69) is 36.3 Å². The average molecular weight is 364 g/mol. The maximum Gasteiger partial charge on any atom is 0.229 e. The normalized spacial score (nSPS) is 12.2. The van der Waals surface area contributed by atoms with Crippen molar-refractivity contribution in [1.29, 1.82) is 0 Å². The van der Waals surface area contributed by atoms with Gasteiger partial charge in [-0.1, -0.05) is 6.07 Å². The number of anilines is 2. The molecule has 0 saturated heterocycles. The minimum Gasteiger partial charge on any atom is -0.391 e. The van der Waals surface area contributed by atoms with Crippen molar-refractivity contribution in [2.75, 3.05) is 16.7 Å². The van der Waals surface area contributed by atoms with Crippen molar-refractivity contribution in [1.82, 2.24) is 4.57 Å². The molecule has 3 N–H and O–H groups in total. The first-order chi connectivity index (χ1) is 11.2. The van der Waals surface area contributed by atoms with E-state index in [4.69, 9.17) is 5.73 Å². The second-order valence-corrected chi connectivity index (χ2v) is 9.14. The van der Waals surface area contributed by atoms with Crippen LogP contribution in [0.25, 0.3) is 21.3 Å². The van der Waals surface area contributed by atoms with E-state index in [1.165, 1.54) is 0 Å². The van der Waals surface area contributed by atoms with Crippen LogP contribution in [0.15, 0.2) is 30.5 Å². The summed E-state index contributed by atoms with van der Waals surface area (Å²) in [5, 5.41) is 1.89. The van der Waals surface area contributed by atoms with Gasteiger partial charge in [0.2, 0.25) is 10.0 Å². The van der Waals surface area contributed by atoms with Gasteiger partial charge in [0, 0.05) is 28.1 Å². The number of nitrogens with zero attached hydrogens (tertiary/aromatic N) is 1. The summed E-state index contributed by atoms with van der Waals surface area (Å²) in [4.78, 5) is 1.15. The molecule has 128 valence electrons. The van der Waals surface area contributed by atoms with Crippen LogP contribution in [0, 0.1) is 6.92 Å². The zero-order chi connectivity index (χ0) is 17.6. The first-order valence-electron chi connectivity index (χ1n) is 7.64. The van der Waals surface area contributed by atoms with Crippen LogP contribution in [-0.2, 0) is 10.0 Å². The smallest absolute Gasteiger partial charge is 0.229 e. The van der Waals surface area contributed by atoms with Crippen molar-refractivity contribution in [2.24, 2.45) is 0 Å². The molecule has 2 heterocycles. The zero-order valence-corrected chi connectivity index (χ0v) is 15.8. The highest BCUT2D eigenvalue weighted by Gasteiger charge is 2.16. The molecule has 0 radical (unpaired) electrons. The van der Waals surface area contributed by atoms with Crippen LogP contribution < -0.4 is 10.5 Å². The molecule has 0 atom stereocenters. The lowest BCUT2D eigenvalue weighted by molar-refractivity contribution is 0.607. The summed E-state index contributed by atoms with van der Waals surface area (Å²) in [7, 11) is -3.30. The monoisotopic (exact) mass is 363 g/mol. The molecule has 0 fully saturated rings. The van der Waals surface area contributed by atoms with E-state index < -0.39 is 10.0 Å². The third kappa shape index (κ3) is 3.14. The predicted molar refractivity (Wildman–Crippen MR) is 103 cm³/mol. The molecule has 0 aliphatic carbocycles. The minimum absolute atomic E-state index is 0.257. The van der Waals surface area contributed by atoms with E-state index in [0.717, 1.165) is 38.2 Å². The molecule has 3 rings (SSSR count). The van der Waals surface area contributed by atoms with Gasteiger partial charge in [-0.25, -0.2) is 8.42 Å². The Hall–Kier alpha value is -1.99. The average Bonchev–Trinajstić information content (AvgIpc) is 2.96. The zero-order valence-electron chi connectivity index (χ0n) is 14.1. The maximum atomic E-state index is 11.5. The number of nitrogen functional groups attached to an aromatic ring is 1. The Bertz CT molecular complexity index is 1010. The molecule has 0 aliphatic heterocycles. The summed E-state index contributed by atoms with van der Waals surface area (Å²) in [5.41, 5.74) is 9.80. The number of benzene rings is 1. The van der Waals surface area contributed by atoms with Crippen molar-refractivity contribution < 1.29 is 8.42 Å². The standard InChI is InChI=1S/C17H21N3O2S2/c1-10(2)20-9-14(17-11(3)7-16(18)23-17)13-6-5-12(8-15(13)20)19-24(4,21)22/h5-10,19H,18H2,1-4H3. The number of hydrogen-bond acceptors (Lipinski definition) is 4. The van der Waals surface area contributed by atoms with Crippen LogP contribution in [0.5, 0.6) is 0 Å². The highest BCUT2D eigenvalue weighted by Crippen LogP contribution is 2.40. The van der Waals surface area contributed by atoms with Gasteiger partial charge in [-0.15, -0.1) is 11.3 Å². The molecule has 24 heavy (non-hydrogen) atoms. The van der Waals surface area contributed by atoms with Crippen molar-refractivity contribution >= 4 is 43.0 Å². The summed E-state index contributed by atoms with van der Waals surface area (Å²) in [6.45, 7) is 6.27. The second-order valence-electron chi connectivity index (χ2n) is 6.31. The Labute approximate surface area is 146 Å². The van der Waals surface area contributed by atoms with Gasteiger partial charge in [-0.05, 0) is 44.5 Å². The quantitative estimate of drug-likeness (QED) is 0.729. The Balaban J connectivity index is 2.24. The van der Waals surface area contributed by atoms with E-state index in [1.807, 2.05) is 18.2 Å². The molecule has 7 heteroatoms. The van der Waals surface area contributed by atoms with Gasteiger partial charge in [0.05, 0.1) is 22.5 Å². The summed E-state index contributed by atoms with van der Waals surface area (Å²) in [6.07, 6.45) is 3.28. The van der Waals surface area contributed by atoms with Crippen molar-refractivity contribution in [3.8, 4) is 10.4 Å². The number of thiophene rings is 1. The molecule has 3 aromatic rings. The SMILES string of the molecule is Cc1cc(N)sc1-c1cn(C(C)C)c2cc(NS(C)(=O)=O)ccc12. The van der Waals surface area contributed by atoms with E-state index in [0.29, 0.717) is 5.69 Å². The Kier molecular flexibility index (Phi) is 4.09. The van der Waals surface area contributed by atoms with Gasteiger partial charge in [-0.2, -0.15) is 0 Å². The molecular weight excluding hydrogens is 342 g/mol. The van der Waals surface area contributed by atoms with E-state index >= 15 is 0 Å². The third-order valence-corrected chi connectivity index (χ3v) is 5.58. The minimum atomic E-state index is -3.30. The maximum absolute atomic E-state index is 11.5. The van der Waals surface area contributed by atoms with Crippen LogP contribution >= 0.6 is 11.3 Å². The predicted octanol–water partition coefficient (Wildman–Crippen LogP) is 4.21. The fraction of sp³-hybridized carbons (Fsp3) is 0.294. The highest BCUT2D eigenvalue weighted by molar-refractivity contribution is 7.92. The van der Waals surface area contributed by atoms with Gasteiger partial charge in [0.1, 0.15) is 0 Å². The van der Waals surface area contributed by atoms with Gasteiger partial charge in [0.15, 0.2) is 0 Å². The summed E-state index contributed by atoms with van der Waals surface area (Å²) >= 11 is 1.57. The number of rotatable bonds is 4. The Morgan fingerprint density at radius 2 is 1.96 bits per heavy atom. The molecule has 0 aliphatic rings. The summed E-state index contributed by atoms with van der Waals surface area (Å²) in [5.74, 6) is 0. The Morgan fingerprint density at radius 1 is 1.25 bits per heavy atom. The summed E-state index contributed by atoms with van der Waals surface area (Å²) in [6, 6.07) is 7.88. The van der Waals surface area contributed by atoms with Crippen LogP contribution in [0.4, 0.5) is 10.7 Å². The molecule has 0 spiro atoms. The lowest BCUT2D eigenvalue weighted by Gasteiger charge is -2.10. The number of sulfonamides is 1. The first kappa shape index (κ1) is 16.9. The van der Waals surface area contributed by atoms with E-state index in [-0.39, 0.29) is 6.04 Å². The number of fused-ring (bicyclic) bond motifs is 1. The van der Waals surface area contributed by atoms with Crippen LogP contribution in [-0.4, -0.2) is 19.2 Å². The molecule has 5 nitrogen and oxygen atoms in total. The fourth-order valence-corrected chi connectivity index (χ4v) is 4.43. The second kappa shape index (κ2) is 5.82. The molecule has 0 saturated carbocycles. The summed E-state index contributed by atoms with van der Waals surface area (Å²) < 4.78 is 27.7. The molecule has 0 bridgehead atoms. The number of hydrogen-bond donors (Lipinski definition) is 2. The van der Waals surface area contributed by atoms with Crippen molar-refractivity contribution in [2.45, 2.75) is 26.8 Å². The van der Waals surface area contributed by atoms with Gasteiger partial charge in [-0.3, -0.25) is 4.72 Å². The third-order valence-electron chi connectivity index (χ3n) is 3.88. The molecule has 2 aromatic heterocycles. The number of aryl methyl sites for hydroxylation is 1. The molecule has 1 aromatic carbocycles. The van der Waals surface area contributed by atoms with Crippen LogP contribution in [0.3, 0.4) is 0 Å². The number of nitrogens with two attached hydrogens (primary N) is 1. The lowest BCUT2D eigenvalue weighted by Crippen LogP contribution is -2.09. The number of nitrogens with one attached hydrogen (secondary N) is 1. The van der Waals surface area contributed by atoms with Gasteiger partial charge >= 0.3 is 0 Å².